The Hall–Kier alpha value is -1.72. The van der Waals surface area contributed by atoms with Crippen LogP contribution in [0.25, 0.3) is 0 Å². The Kier molecular flexibility index (Phi) is 3.97. The Bertz CT molecular complexity index is 631. The number of primary amides is 1. The van der Waals surface area contributed by atoms with E-state index < -0.39 is 5.91 Å². The van der Waals surface area contributed by atoms with E-state index in [1.54, 1.807) is 18.2 Å². The minimum absolute atomic E-state index is 0.249. The fraction of sp³-hybridized carbons (Fsp3) is 0. The zero-order valence-corrected chi connectivity index (χ0v) is 11.3. The van der Waals surface area contributed by atoms with Crippen molar-refractivity contribution in [3.63, 3.8) is 0 Å². The van der Waals surface area contributed by atoms with Crippen molar-refractivity contribution >= 4 is 35.0 Å². The van der Waals surface area contributed by atoms with E-state index in [1.165, 1.54) is 30.0 Å². The van der Waals surface area contributed by atoms with Crippen molar-refractivity contribution in [3.05, 3.63) is 52.8 Å². The highest BCUT2D eigenvalue weighted by Gasteiger charge is 2.14. The van der Waals surface area contributed by atoms with E-state index >= 15 is 0 Å². The summed E-state index contributed by atoms with van der Waals surface area (Å²) in [5, 5.41) is 0.336. The number of hydrogen-bond donors (Lipinski definition) is 2. The van der Waals surface area contributed by atoms with Crippen LogP contribution in [0.1, 0.15) is 10.4 Å². The quantitative estimate of drug-likeness (QED) is 0.854. The maximum Gasteiger partial charge on any atom is 0.249 e. The maximum absolute atomic E-state index is 12.8. The van der Waals surface area contributed by atoms with Crippen LogP contribution in [0.2, 0.25) is 5.02 Å². The van der Waals surface area contributed by atoms with Crippen molar-refractivity contribution < 1.29 is 9.18 Å². The van der Waals surface area contributed by atoms with Crippen LogP contribution in [0.4, 0.5) is 10.1 Å². The van der Waals surface area contributed by atoms with Gasteiger partial charge in [0.25, 0.3) is 0 Å². The molecule has 6 heteroatoms. The molecule has 0 fully saturated rings. The topological polar surface area (TPSA) is 69.1 Å². The number of halogens is 2. The van der Waals surface area contributed by atoms with Gasteiger partial charge in [0.15, 0.2) is 0 Å². The number of nitrogens with two attached hydrogens (primary N) is 2. The van der Waals surface area contributed by atoms with Gasteiger partial charge in [0.2, 0.25) is 5.91 Å². The van der Waals surface area contributed by atoms with Crippen LogP contribution in [0, 0.1) is 5.82 Å². The minimum atomic E-state index is -0.612. The van der Waals surface area contributed by atoms with E-state index in [9.17, 15) is 9.18 Å². The lowest BCUT2D eigenvalue weighted by molar-refractivity contribution is 0.0997. The number of benzene rings is 2. The van der Waals surface area contributed by atoms with Crippen molar-refractivity contribution in [3.8, 4) is 0 Å². The van der Waals surface area contributed by atoms with Gasteiger partial charge in [0, 0.05) is 15.5 Å². The summed E-state index contributed by atoms with van der Waals surface area (Å²) in [7, 11) is 0. The molecule has 0 aliphatic heterocycles. The van der Waals surface area contributed by atoms with Crippen LogP contribution >= 0.6 is 23.4 Å². The van der Waals surface area contributed by atoms with Gasteiger partial charge >= 0.3 is 0 Å². The molecule has 0 aliphatic carbocycles. The molecular formula is C13H10ClFN2OS. The SMILES string of the molecule is NC(=O)c1cc(N)cc(Cl)c1Sc1ccc(F)cc1. The number of hydrogen-bond acceptors (Lipinski definition) is 3. The van der Waals surface area contributed by atoms with Crippen molar-refractivity contribution in [1.82, 2.24) is 0 Å². The average molecular weight is 297 g/mol. The number of anilines is 1. The first-order valence-electron chi connectivity index (χ1n) is 5.29. The molecule has 0 aliphatic rings. The molecule has 0 spiro atoms. The van der Waals surface area contributed by atoms with Gasteiger partial charge in [0.05, 0.1) is 10.6 Å². The Balaban J connectivity index is 2.44. The van der Waals surface area contributed by atoms with Crippen molar-refractivity contribution in [2.45, 2.75) is 9.79 Å². The lowest BCUT2D eigenvalue weighted by atomic mass is 10.2. The highest BCUT2D eigenvalue weighted by atomic mass is 35.5. The molecular weight excluding hydrogens is 287 g/mol. The molecule has 19 heavy (non-hydrogen) atoms. The molecule has 1 amide bonds. The summed E-state index contributed by atoms with van der Waals surface area (Å²) in [5.74, 6) is -0.943. The number of carbonyl (C=O) groups excluding carboxylic acids is 1. The van der Waals surface area contributed by atoms with Gasteiger partial charge in [0.1, 0.15) is 5.82 Å². The highest BCUT2D eigenvalue weighted by Crippen LogP contribution is 2.37. The molecule has 0 atom stereocenters. The summed E-state index contributed by atoms with van der Waals surface area (Å²) in [6, 6.07) is 8.86. The molecule has 0 saturated carbocycles. The number of amides is 1. The fourth-order valence-electron chi connectivity index (χ4n) is 1.52. The first kappa shape index (κ1) is 13.7. The lowest BCUT2D eigenvalue weighted by Gasteiger charge is -2.10. The Morgan fingerprint density at radius 2 is 1.84 bits per heavy atom. The first-order chi connectivity index (χ1) is 8.97. The number of rotatable bonds is 3. The van der Waals surface area contributed by atoms with Gasteiger partial charge in [-0.3, -0.25) is 4.79 Å². The Morgan fingerprint density at radius 1 is 1.21 bits per heavy atom. The van der Waals surface area contributed by atoms with E-state index in [1.807, 2.05) is 0 Å². The summed E-state index contributed by atoms with van der Waals surface area (Å²) in [5.41, 5.74) is 11.5. The van der Waals surface area contributed by atoms with Crippen molar-refractivity contribution in [2.24, 2.45) is 5.73 Å². The smallest absolute Gasteiger partial charge is 0.249 e. The lowest BCUT2D eigenvalue weighted by Crippen LogP contribution is -2.13. The largest absolute Gasteiger partial charge is 0.399 e. The van der Waals surface area contributed by atoms with Crippen LogP contribution in [0.3, 0.4) is 0 Å². The standard InChI is InChI=1S/C13H10ClFN2OS/c14-11-6-8(16)5-10(13(17)18)12(11)19-9-3-1-7(15)2-4-9/h1-6H,16H2,(H2,17,18). The van der Waals surface area contributed by atoms with E-state index in [-0.39, 0.29) is 11.4 Å². The van der Waals surface area contributed by atoms with Gasteiger partial charge in [-0.25, -0.2) is 4.39 Å². The van der Waals surface area contributed by atoms with E-state index in [0.717, 1.165) is 4.90 Å². The molecule has 98 valence electrons. The third kappa shape index (κ3) is 3.19. The maximum atomic E-state index is 12.8. The number of nitrogen functional groups attached to an aromatic ring is 1. The van der Waals surface area contributed by atoms with E-state index in [4.69, 9.17) is 23.1 Å². The fourth-order valence-corrected chi connectivity index (χ4v) is 2.80. The van der Waals surface area contributed by atoms with E-state index in [0.29, 0.717) is 15.6 Å². The second-order valence-electron chi connectivity index (χ2n) is 3.80. The predicted octanol–water partition coefficient (Wildman–Crippen LogP) is 3.31. The minimum Gasteiger partial charge on any atom is -0.399 e. The summed E-state index contributed by atoms with van der Waals surface area (Å²) in [4.78, 5) is 12.7. The molecule has 0 heterocycles. The van der Waals surface area contributed by atoms with Crippen molar-refractivity contribution in [2.75, 3.05) is 5.73 Å². The molecule has 3 nitrogen and oxygen atoms in total. The zero-order chi connectivity index (χ0) is 14.0. The van der Waals surface area contributed by atoms with Gasteiger partial charge in [-0.2, -0.15) is 0 Å². The molecule has 0 aromatic heterocycles. The van der Waals surface area contributed by atoms with Crippen LogP contribution in [-0.2, 0) is 0 Å². The van der Waals surface area contributed by atoms with E-state index in [2.05, 4.69) is 0 Å². The predicted molar refractivity (Wildman–Crippen MR) is 74.9 cm³/mol. The van der Waals surface area contributed by atoms with Crippen LogP contribution < -0.4 is 11.5 Å². The van der Waals surface area contributed by atoms with Crippen LogP contribution in [-0.4, -0.2) is 5.91 Å². The molecule has 2 rings (SSSR count). The van der Waals surface area contributed by atoms with Crippen LogP contribution in [0.5, 0.6) is 0 Å². The summed E-state index contributed by atoms with van der Waals surface area (Å²) < 4.78 is 12.8. The third-order valence-electron chi connectivity index (χ3n) is 2.36. The molecule has 0 bridgehead atoms. The van der Waals surface area contributed by atoms with Gasteiger partial charge in [-0.1, -0.05) is 23.4 Å². The summed E-state index contributed by atoms with van der Waals surface area (Å²) in [6.07, 6.45) is 0. The van der Waals surface area contributed by atoms with Gasteiger partial charge in [-0.05, 0) is 36.4 Å². The molecule has 2 aromatic carbocycles. The van der Waals surface area contributed by atoms with Gasteiger partial charge in [-0.15, -0.1) is 0 Å². The second-order valence-corrected chi connectivity index (χ2v) is 5.29. The third-order valence-corrected chi connectivity index (χ3v) is 3.93. The molecule has 2 aromatic rings. The highest BCUT2D eigenvalue weighted by molar-refractivity contribution is 7.99. The Morgan fingerprint density at radius 3 is 2.42 bits per heavy atom. The Labute approximate surface area is 118 Å². The normalized spacial score (nSPS) is 10.4. The average Bonchev–Trinajstić information content (AvgIpc) is 2.34. The number of carbonyl (C=O) groups is 1. The molecule has 0 unspecified atom stereocenters. The van der Waals surface area contributed by atoms with Crippen LogP contribution in [0.15, 0.2) is 46.2 Å². The monoisotopic (exact) mass is 296 g/mol. The second kappa shape index (κ2) is 5.50. The van der Waals surface area contributed by atoms with Crippen molar-refractivity contribution in [1.29, 1.82) is 0 Å². The summed E-state index contributed by atoms with van der Waals surface area (Å²) >= 11 is 7.31. The first-order valence-corrected chi connectivity index (χ1v) is 6.49. The zero-order valence-electron chi connectivity index (χ0n) is 9.69. The summed E-state index contributed by atoms with van der Waals surface area (Å²) in [6.45, 7) is 0. The molecule has 0 radical (unpaired) electrons. The molecule has 0 saturated heterocycles. The van der Waals surface area contributed by atoms with Gasteiger partial charge < -0.3 is 11.5 Å². The molecule has 4 N–H and O–H groups in total.